The number of anilines is 1. The van der Waals surface area contributed by atoms with Crippen LogP contribution in [-0.2, 0) is 0 Å². The van der Waals surface area contributed by atoms with E-state index in [9.17, 15) is 0 Å². The molecule has 0 spiro atoms. The van der Waals surface area contributed by atoms with Crippen molar-refractivity contribution in [2.75, 3.05) is 32.1 Å². The van der Waals surface area contributed by atoms with Crippen molar-refractivity contribution in [2.45, 2.75) is 18.8 Å². The molecule has 1 aromatic carbocycles. The lowest BCUT2D eigenvalue weighted by Crippen LogP contribution is -2.26. The summed E-state index contributed by atoms with van der Waals surface area (Å²) in [5.41, 5.74) is 2.79. The highest BCUT2D eigenvalue weighted by Crippen LogP contribution is 2.26. The van der Waals surface area contributed by atoms with E-state index in [1.165, 1.54) is 37.2 Å². The number of nitrogens with one attached hydrogen (secondary N) is 1. The zero-order valence-electron chi connectivity index (χ0n) is 10.1. The van der Waals surface area contributed by atoms with Crippen LogP contribution < -0.4 is 10.2 Å². The first kappa shape index (κ1) is 13.3. The monoisotopic (exact) mass is 240 g/mol. The molecule has 0 saturated carbocycles. The molecular formula is C13H21ClN2. The number of piperidine rings is 1. The molecule has 16 heavy (non-hydrogen) atoms. The fourth-order valence-electron chi connectivity index (χ4n) is 2.20. The smallest absolute Gasteiger partial charge is 0.0361 e. The number of halogens is 1. The molecule has 2 rings (SSSR count). The number of nitrogens with zero attached hydrogens (tertiary/aromatic N) is 1. The van der Waals surface area contributed by atoms with Crippen molar-refractivity contribution in [3.05, 3.63) is 29.8 Å². The van der Waals surface area contributed by atoms with Gasteiger partial charge in [-0.2, -0.15) is 0 Å². The van der Waals surface area contributed by atoms with Crippen LogP contribution in [0.5, 0.6) is 0 Å². The average molecular weight is 241 g/mol. The van der Waals surface area contributed by atoms with Crippen LogP contribution in [0.25, 0.3) is 0 Å². The molecule has 1 heterocycles. The SMILES string of the molecule is CN(C)c1ccc(C2CCNCC2)cc1.Cl. The molecule has 1 fully saturated rings. The van der Waals surface area contributed by atoms with E-state index in [1.54, 1.807) is 0 Å². The molecular weight excluding hydrogens is 220 g/mol. The summed E-state index contributed by atoms with van der Waals surface area (Å²) in [6.07, 6.45) is 2.56. The minimum atomic E-state index is 0. The maximum atomic E-state index is 3.41. The Hall–Kier alpha value is -0.730. The normalized spacial score (nSPS) is 16.6. The lowest BCUT2D eigenvalue weighted by Gasteiger charge is -2.23. The molecule has 90 valence electrons. The van der Waals surface area contributed by atoms with Gasteiger partial charge in [-0.25, -0.2) is 0 Å². The quantitative estimate of drug-likeness (QED) is 0.855. The second-order valence-electron chi connectivity index (χ2n) is 4.51. The molecule has 0 unspecified atom stereocenters. The van der Waals surface area contributed by atoms with Crippen LogP contribution in [0.15, 0.2) is 24.3 Å². The number of rotatable bonds is 2. The number of hydrogen-bond acceptors (Lipinski definition) is 2. The highest BCUT2D eigenvalue weighted by molar-refractivity contribution is 5.85. The maximum absolute atomic E-state index is 3.41. The predicted octanol–water partition coefficient (Wildman–Crippen LogP) is 2.64. The fraction of sp³-hybridized carbons (Fsp3) is 0.538. The number of benzene rings is 1. The van der Waals surface area contributed by atoms with Gasteiger partial charge in [-0.15, -0.1) is 12.4 Å². The topological polar surface area (TPSA) is 15.3 Å². The molecule has 3 heteroatoms. The van der Waals surface area contributed by atoms with Gasteiger partial charge in [0.15, 0.2) is 0 Å². The van der Waals surface area contributed by atoms with Gasteiger partial charge in [0, 0.05) is 19.8 Å². The molecule has 0 radical (unpaired) electrons. The van der Waals surface area contributed by atoms with Gasteiger partial charge in [-0.3, -0.25) is 0 Å². The molecule has 1 aliphatic heterocycles. The predicted molar refractivity (Wildman–Crippen MR) is 72.9 cm³/mol. The van der Waals surface area contributed by atoms with Gasteiger partial charge in [-0.1, -0.05) is 12.1 Å². The highest BCUT2D eigenvalue weighted by atomic mass is 35.5. The van der Waals surface area contributed by atoms with Crippen LogP contribution in [0.4, 0.5) is 5.69 Å². The Balaban J connectivity index is 0.00000128. The van der Waals surface area contributed by atoms with Gasteiger partial charge in [0.05, 0.1) is 0 Å². The Kier molecular flexibility index (Phi) is 5.10. The summed E-state index contributed by atoms with van der Waals surface area (Å²) in [6, 6.07) is 9.01. The van der Waals surface area contributed by atoms with E-state index in [-0.39, 0.29) is 12.4 Å². The van der Waals surface area contributed by atoms with Gasteiger partial charge in [0.25, 0.3) is 0 Å². The van der Waals surface area contributed by atoms with Crippen LogP contribution in [0, 0.1) is 0 Å². The van der Waals surface area contributed by atoms with Crippen LogP contribution in [0.3, 0.4) is 0 Å². The number of hydrogen-bond donors (Lipinski definition) is 1. The first-order chi connectivity index (χ1) is 7.27. The Labute approximate surface area is 104 Å². The fourth-order valence-corrected chi connectivity index (χ4v) is 2.20. The Morgan fingerprint density at radius 2 is 1.62 bits per heavy atom. The van der Waals surface area contributed by atoms with Crippen molar-refractivity contribution in [1.29, 1.82) is 0 Å². The minimum Gasteiger partial charge on any atom is -0.378 e. The van der Waals surface area contributed by atoms with E-state index >= 15 is 0 Å². The van der Waals surface area contributed by atoms with E-state index in [0.29, 0.717) is 0 Å². The summed E-state index contributed by atoms with van der Waals surface area (Å²) in [4.78, 5) is 2.15. The first-order valence-corrected chi connectivity index (χ1v) is 5.75. The third kappa shape index (κ3) is 3.13. The van der Waals surface area contributed by atoms with E-state index in [4.69, 9.17) is 0 Å². The van der Waals surface area contributed by atoms with Crippen molar-refractivity contribution < 1.29 is 0 Å². The van der Waals surface area contributed by atoms with Gasteiger partial charge in [0.1, 0.15) is 0 Å². The van der Waals surface area contributed by atoms with Gasteiger partial charge in [0.2, 0.25) is 0 Å². The molecule has 0 aliphatic carbocycles. The van der Waals surface area contributed by atoms with E-state index in [0.717, 1.165) is 5.92 Å². The van der Waals surface area contributed by atoms with E-state index < -0.39 is 0 Å². The molecule has 1 aromatic rings. The molecule has 1 N–H and O–H groups in total. The van der Waals surface area contributed by atoms with Gasteiger partial charge < -0.3 is 10.2 Å². The van der Waals surface area contributed by atoms with Crippen LogP contribution in [0.1, 0.15) is 24.3 Å². The maximum Gasteiger partial charge on any atom is 0.0361 e. The Morgan fingerprint density at radius 3 is 2.12 bits per heavy atom. The largest absolute Gasteiger partial charge is 0.378 e. The molecule has 1 saturated heterocycles. The first-order valence-electron chi connectivity index (χ1n) is 5.75. The summed E-state index contributed by atoms with van der Waals surface area (Å²) in [6.45, 7) is 2.33. The summed E-state index contributed by atoms with van der Waals surface area (Å²) in [5, 5.41) is 3.41. The van der Waals surface area contributed by atoms with Gasteiger partial charge >= 0.3 is 0 Å². The summed E-state index contributed by atoms with van der Waals surface area (Å²) < 4.78 is 0. The molecule has 1 aliphatic rings. The standard InChI is InChI=1S/C13H20N2.ClH/c1-15(2)13-5-3-11(4-6-13)12-7-9-14-10-8-12;/h3-6,12,14H,7-10H2,1-2H3;1H. The third-order valence-electron chi connectivity index (χ3n) is 3.22. The highest BCUT2D eigenvalue weighted by Gasteiger charge is 2.14. The Bertz CT molecular complexity index is 302. The minimum absolute atomic E-state index is 0. The zero-order chi connectivity index (χ0) is 10.7. The summed E-state index contributed by atoms with van der Waals surface area (Å²) in [5.74, 6) is 0.766. The van der Waals surface area contributed by atoms with Crippen molar-refractivity contribution in [3.63, 3.8) is 0 Å². The van der Waals surface area contributed by atoms with E-state index in [1.807, 2.05) is 0 Å². The van der Waals surface area contributed by atoms with Crippen molar-refractivity contribution in [3.8, 4) is 0 Å². The average Bonchev–Trinajstić information content (AvgIpc) is 2.30. The summed E-state index contributed by atoms with van der Waals surface area (Å²) in [7, 11) is 4.17. The molecule has 0 amide bonds. The third-order valence-corrected chi connectivity index (χ3v) is 3.22. The summed E-state index contributed by atoms with van der Waals surface area (Å²) >= 11 is 0. The molecule has 0 bridgehead atoms. The second-order valence-corrected chi connectivity index (χ2v) is 4.51. The van der Waals surface area contributed by atoms with Crippen LogP contribution in [0.2, 0.25) is 0 Å². The zero-order valence-corrected chi connectivity index (χ0v) is 10.9. The van der Waals surface area contributed by atoms with E-state index in [2.05, 4.69) is 48.6 Å². The van der Waals surface area contributed by atoms with Crippen molar-refractivity contribution in [2.24, 2.45) is 0 Å². The van der Waals surface area contributed by atoms with Crippen molar-refractivity contribution in [1.82, 2.24) is 5.32 Å². The van der Waals surface area contributed by atoms with Crippen LogP contribution in [-0.4, -0.2) is 27.2 Å². The lowest BCUT2D eigenvalue weighted by molar-refractivity contribution is 0.460. The molecule has 0 aromatic heterocycles. The van der Waals surface area contributed by atoms with Crippen molar-refractivity contribution >= 4 is 18.1 Å². The lowest BCUT2D eigenvalue weighted by atomic mass is 9.90. The Morgan fingerprint density at radius 1 is 1.06 bits per heavy atom. The molecule has 0 atom stereocenters. The molecule has 2 nitrogen and oxygen atoms in total. The second kappa shape index (κ2) is 6.12. The van der Waals surface area contributed by atoms with Gasteiger partial charge in [-0.05, 0) is 49.5 Å². The van der Waals surface area contributed by atoms with Crippen LogP contribution >= 0.6 is 12.4 Å².